The molecule has 9 aromatic carbocycles. The van der Waals surface area contributed by atoms with Crippen LogP contribution in [0, 0.1) is 0 Å². The summed E-state index contributed by atoms with van der Waals surface area (Å²) in [6.07, 6.45) is 0. The molecular weight excluding hydrogens is 623 g/mol. The van der Waals surface area contributed by atoms with E-state index in [0.29, 0.717) is 0 Å². The topological polar surface area (TPSA) is 3.24 Å². The van der Waals surface area contributed by atoms with Crippen molar-refractivity contribution >= 4 is 80.9 Å². The second-order valence-corrected chi connectivity index (χ2v) is 14.0. The van der Waals surface area contributed by atoms with Gasteiger partial charge in [-0.2, -0.15) is 0 Å². The van der Waals surface area contributed by atoms with Gasteiger partial charge in [0.1, 0.15) is 0 Å². The summed E-state index contributed by atoms with van der Waals surface area (Å²) in [5.41, 5.74) is 8.24. The second-order valence-electron chi connectivity index (χ2n) is 13.0. The highest BCUT2D eigenvalue weighted by molar-refractivity contribution is 7.25. The number of hydrogen-bond donors (Lipinski definition) is 0. The first-order valence-corrected chi connectivity index (χ1v) is 17.9. The number of fused-ring (bicyclic) bond motifs is 8. The number of nitrogens with zero attached hydrogens (tertiary/aromatic N) is 1. The third kappa shape index (κ3) is 4.84. The Morgan fingerprint density at radius 1 is 0.280 bits per heavy atom. The van der Waals surface area contributed by atoms with Crippen molar-refractivity contribution in [3.8, 4) is 22.3 Å². The summed E-state index contributed by atoms with van der Waals surface area (Å²) in [6, 6.07) is 68.8. The molecule has 0 bridgehead atoms. The van der Waals surface area contributed by atoms with Gasteiger partial charge in [0.25, 0.3) is 0 Å². The standard InChI is InChI=1S/C48H31NS/c1-2-8-32(9-3-1)33-16-22-38(23-17-33)49(40-26-29-48-46(31-40)44-12-6-7-13-47(44)50-48)39-24-18-34(19-25-39)37-15-14-36-21-27-42-41-11-5-4-10-35(41)20-28-43(42)45(36)30-37/h1-31H. The number of hydrogen-bond acceptors (Lipinski definition) is 2. The maximum atomic E-state index is 2.38. The molecule has 10 aromatic rings. The molecule has 0 N–H and O–H groups in total. The fourth-order valence-corrected chi connectivity index (χ4v) is 8.62. The minimum atomic E-state index is 1.12. The van der Waals surface area contributed by atoms with Crippen LogP contribution in [0.3, 0.4) is 0 Å². The van der Waals surface area contributed by atoms with Gasteiger partial charge < -0.3 is 4.90 Å². The van der Waals surface area contributed by atoms with Crippen LogP contribution >= 0.6 is 11.3 Å². The van der Waals surface area contributed by atoms with E-state index in [1.165, 1.54) is 74.7 Å². The number of benzene rings is 9. The fraction of sp³-hybridized carbons (Fsp3) is 0. The van der Waals surface area contributed by atoms with E-state index in [1.54, 1.807) is 0 Å². The summed E-state index contributed by atoms with van der Waals surface area (Å²) in [5.74, 6) is 0. The van der Waals surface area contributed by atoms with Gasteiger partial charge in [-0.25, -0.2) is 0 Å². The summed E-state index contributed by atoms with van der Waals surface area (Å²) in [7, 11) is 0. The summed E-state index contributed by atoms with van der Waals surface area (Å²) >= 11 is 1.86. The lowest BCUT2D eigenvalue weighted by atomic mass is 9.94. The van der Waals surface area contributed by atoms with Crippen molar-refractivity contribution in [3.63, 3.8) is 0 Å². The summed E-state index contributed by atoms with van der Waals surface area (Å²) in [6.45, 7) is 0. The van der Waals surface area contributed by atoms with Crippen LogP contribution in [-0.2, 0) is 0 Å². The van der Waals surface area contributed by atoms with Crippen molar-refractivity contribution < 1.29 is 0 Å². The lowest BCUT2D eigenvalue weighted by Crippen LogP contribution is -2.09. The Balaban J connectivity index is 1.08. The van der Waals surface area contributed by atoms with E-state index in [-0.39, 0.29) is 0 Å². The average molecular weight is 654 g/mol. The molecule has 1 heterocycles. The molecule has 50 heavy (non-hydrogen) atoms. The van der Waals surface area contributed by atoms with E-state index >= 15 is 0 Å². The smallest absolute Gasteiger partial charge is 0.0468 e. The van der Waals surface area contributed by atoms with Gasteiger partial charge >= 0.3 is 0 Å². The third-order valence-corrected chi connectivity index (χ3v) is 11.2. The van der Waals surface area contributed by atoms with Crippen LogP contribution in [0.4, 0.5) is 17.1 Å². The molecule has 0 spiro atoms. The lowest BCUT2D eigenvalue weighted by molar-refractivity contribution is 1.29. The van der Waals surface area contributed by atoms with Crippen molar-refractivity contribution in [3.05, 3.63) is 188 Å². The molecular formula is C48H31NS. The molecule has 234 valence electrons. The molecule has 0 saturated carbocycles. The van der Waals surface area contributed by atoms with E-state index < -0.39 is 0 Å². The van der Waals surface area contributed by atoms with Crippen LogP contribution in [0.25, 0.3) is 74.7 Å². The van der Waals surface area contributed by atoms with Crippen molar-refractivity contribution in [2.24, 2.45) is 0 Å². The normalized spacial score (nSPS) is 11.6. The number of thiophene rings is 1. The molecule has 1 nitrogen and oxygen atoms in total. The maximum Gasteiger partial charge on any atom is 0.0468 e. The van der Waals surface area contributed by atoms with Gasteiger partial charge in [0.15, 0.2) is 0 Å². The van der Waals surface area contributed by atoms with E-state index in [4.69, 9.17) is 0 Å². The van der Waals surface area contributed by atoms with Crippen LogP contribution in [0.15, 0.2) is 188 Å². The van der Waals surface area contributed by atoms with Gasteiger partial charge in [0, 0.05) is 37.2 Å². The minimum absolute atomic E-state index is 1.12. The van der Waals surface area contributed by atoms with Gasteiger partial charge in [-0.3, -0.25) is 0 Å². The summed E-state index contributed by atoms with van der Waals surface area (Å²) in [5, 5.41) is 10.3. The van der Waals surface area contributed by atoms with Crippen LogP contribution in [-0.4, -0.2) is 0 Å². The highest BCUT2D eigenvalue weighted by Crippen LogP contribution is 2.42. The number of rotatable bonds is 5. The van der Waals surface area contributed by atoms with Gasteiger partial charge in [-0.05, 0) is 109 Å². The first kappa shape index (κ1) is 28.8. The first-order chi connectivity index (χ1) is 24.8. The van der Waals surface area contributed by atoms with E-state index in [2.05, 4.69) is 193 Å². The zero-order valence-electron chi connectivity index (χ0n) is 27.3. The SMILES string of the molecule is c1ccc(-c2ccc(N(c3ccc(-c4ccc5ccc6c7ccccc7ccc6c5c4)cc3)c3ccc4sc5ccccc5c4c3)cc2)cc1. The zero-order valence-corrected chi connectivity index (χ0v) is 28.1. The molecule has 0 aliphatic carbocycles. The second kappa shape index (κ2) is 11.7. The maximum absolute atomic E-state index is 2.38. The van der Waals surface area contributed by atoms with Gasteiger partial charge in [-0.1, -0.05) is 133 Å². The van der Waals surface area contributed by atoms with Gasteiger partial charge in [-0.15, -0.1) is 11.3 Å². The first-order valence-electron chi connectivity index (χ1n) is 17.1. The van der Waals surface area contributed by atoms with Crippen LogP contribution in [0.5, 0.6) is 0 Å². The molecule has 0 radical (unpaired) electrons. The van der Waals surface area contributed by atoms with Crippen LogP contribution in [0.2, 0.25) is 0 Å². The van der Waals surface area contributed by atoms with Crippen molar-refractivity contribution in [2.45, 2.75) is 0 Å². The molecule has 0 atom stereocenters. The van der Waals surface area contributed by atoms with Crippen molar-refractivity contribution in [2.75, 3.05) is 4.90 Å². The highest BCUT2D eigenvalue weighted by atomic mass is 32.1. The van der Waals surface area contributed by atoms with Gasteiger partial charge in [0.05, 0.1) is 0 Å². The van der Waals surface area contributed by atoms with Crippen LogP contribution < -0.4 is 4.90 Å². The van der Waals surface area contributed by atoms with E-state index in [0.717, 1.165) is 17.1 Å². The molecule has 1 aromatic heterocycles. The van der Waals surface area contributed by atoms with Gasteiger partial charge in [0.2, 0.25) is 0 Å². The van der Waals surface area contributed by atoms with E-state index in [9.17, 15) is 0 Å². The molecule has 0 unspecified atom stereocenters. The predicted molar refractivity (Wildman–Crippen MR) is 217 cm³/mol. The van der Waals surface area contributed by atoms with Crippen molar-refractivity contribution in [1.29, 1.82) is 0 Å². The fourth-order valence-electron chi connectivity index (χ4n) is 7.53. The Hall–Kier alpha value is -6.22. The minimum Gasteiger partial charge on any atom is -0.310 e. The Morgan fingerprint density at radius 2 is 0.800 bits per heavy atom. The number of anilines is 3. The Kier molecular flexibility index (Phi) is 6.75. The Labute approximate surface area is 294 Å². The summed E-state index contributed by atoms with van der Waals surface area (Å²) in [4.78, 5) is 2.38. The quantitative estimate of drug-likeness (QED) is 0.167. The largest absolute Gasteiger partial charge is 0.310 e. The molecule has 10 rings (SSSR count). The third-order valence-electron chi connectivity index (χ3n) is 10.1. The molecule has 0 saturated heterocycles. The van der Waals surface area contributed by atoms with Crippen LogP contribution in [0.1, 0.15) is 0 Å². The highest BCUT2D eigenvalue weighted by Gasteiger charge is 2.16. The Morgan fingerprint density at radius 3 is 1.56 bits per heavy atom. The average Bonchev–Trinajstić information content (AvgIpc) is 3.56. The monoisotopic (exact) mass is 653 g/mol. The predicted octanol–water partition coefficient (Wildman–Crippen LogP) is 14.3. The molecule has 0 aliphatic rings. The lowest BCUT2D eigenvalue weighted by Gasteiger charge is -2.26. The molecule has 0 aliphatic heterocycles. The summed E-state index contributed by atoms with van der Waals surface area (Å²) < 4.78 is 2.63. The molecule has 0 amide bonds. The zero-order chi connectivity index (χ0) is 33.0. The van der Waals surface area contributed by atoms with E-state index in [1.807, 2.05) is 11.3 Å². The van der Waals surface area contributed by atoms with Crippen molar-refractivity contribution in [1.82, 2.24) is 0 Å². The molecule has 2 heteroatoms. The Bertz CT molecular complexity index is 2850. The molecule has 0 fully saturated rings.